The standard InChI is InChI=1S/C25H26N4O5/c1-26-23(32)27-19-7-8-20-17(13-19)9-11-25(20)22(31)29(24(33)34-25)15-21(30)28-12-10-18(14-28)16-5-3-2-4-6-16/h2-8,13,18H,9-12,14-15H2,1H3,(H2,26,27,32)/t18-,25?/m1/s1. The SMILES string of the molecule is CNC(=O)Nc1ccc2c(c1)CCC21OC(=O)N(CC(=O)N2CC[C@@H](c3ccccc3)C2)C1=O. The van der Waals surface area contributed by atoms with E-state index in [0.29, 0.717) is 37.2 Å². The first kappa shape index (κ1) is 21.9. The maximum Gasteiger partial charge on any atom is 0.418 e. The molecule has 1 aliphatic carbocycles. The lowest BCUT2D eigenvalue weighted by molar-refractivity contribution is -0.141. The highest BCUT2D eigenvalue weighted by atomic mass is 16.6. The van der Waals surface area contributed by atoms with Gasteiger partial charge in [0.05, 0.1) is 0 Å². The number of nitrogens with zero attached hydrogens (tertiary/aromatic N) is 2. The van der Waals surface area contributed by atoms with Gasteiger partial charge in [-0.2, -0.15) is 0 Å². The number of ether oxygens (including phenoxy) is 1. The molecule has 34 heavy (non-hydrogen) atoms. The van der Waals surface area contributed by atoms with Crippen LogP contribution >= 0.6 is 0 Å². The maximum absolute atomic E-state index is 13.4. The van der Waals surface area contributed by atoms with Crippen LogP contribution in [0.15, 0.2) is 48.5 Å². The number of imide groups is 1. The smallest absolute Gasteiger partial charge is 0.418 e. The van der Waals surface area contributed by atoms with Crippen LogP contribution in [0.3, 0.4) is 0 Å². The van der Waals surface area contributed by atoms with Crippen molar-refractivity contribution in [2.24, 2.45) is 0 Å². The van der Waals surface area contributed by atoms with Gasteiger partial charge in [-0.1, -0.05) is 36.4 Å². The van der Waals surface area contributed by atoms with Crippen LogP contribution in [0.1, 0.15) is 35.4 Å². The van der Waals surface area contributed by atoms with E-state index in [9.17, 15) is 19.2 Å². The average Bonchev–Trinajstić information content (AvgIpc) is 3.54. The molecule has 2 atom stereocenters. The highest BCUT2D eigenvalue weighted by Crippen LogP contribution is 2.46. The number of carbonyl (C=O) groups is 4. The first-order chi connectivity index (χ1) is 16.4. The van der Waals surface area contributed by atoms with Crippen LogP contribution in [0.25, 0.3) is 0 Å². The van der Waals surface area contributed by atoms with Gasteiger partial charge in [-0.15, -0.1) is 0 Å². The van der Waals surface area contributed by atoms with Crippen LogP contribution in [-0.2, 0) is 26.3 Å². The van der Waals surface area contributed by atoms with Gasteiger partial charge in [-0.25, -0.2) is 14.5 Å². The van der Waals surface area contributed by atoms with Crippen molar-refractivity contribution in [3.8, 4) is 0 Å². The topological polar surface area (TPSA) is 108 Å². The molecule has 2 saturated heterocycles. The van der Waals surface area contributed by atoms with Crippen LogP contribution in [-0.4, -0.2) is 60.4 Å². The lowest BCUT2D eigenvalue weighted by atomic mass is 9.94. The molecule has 1 unspecified atom stereocenters. The van der Waals surface area contributed by atoms with Gasteiger partial charge < -0.3 is 20.3 Å². The highest BCUT2D eigenvalue weighted by molar-refractivity contribution is 6.06. The zero-order valence-corrected chi connectivity index (χ0v) is 18.9. The molecule has 9 heteroatoms. The van der Waals surface area contributed by atoms with Crippen LogP contribution in [0.2, 0.25) is 0 Å². The fourth-order valence-electron chi connectivity index (χ4n) is 5.14. The summed E-state index contributed by atoms with van der Waals surface area (Å²) in [7, 11) is 1.52. The van der Waals surface area contributed by atoms with Crippen molar-refractivity contribution in [3.63, 3.8) is 0 Å². The fourth-order valence-corrected chi connectivity index (χ4v) is 5.14. The molecule has 2 aromatic carbocycles. The minimum absolute atomic E-state index is 0.247. The molecule has 9 nitrogen and oxygen atoms in total. The molecule has 5 rings (SSSR count). The van der Waals surface area contributed by atoms with Gasteiger partial charge in [-0.3, -0.25) is 9.59 Å². The Bertz CT molecular complexity index is 1170. The summed E-state index contributed by atoms with van der Waals surface area (Å²) in [6.45, 7) is 0.826. The van der Waals surface area contributed by atoms with Gasteiger partial charge >= 0.3 is 12.1 Å². The van der Waals surface area contributed by atoms with Crippen molar-refractivity contribution >= 4 is 29.6 Å². The van der Waals surface area contributed by atoms with Gasteiger partial charge in [-0.05, 0) is 36.1 Å². The molecule has 176 valence electrons. The summed E-state index contributed by atoms with van der Waals surface area (Å²) in [4.78, 5) is 53.3. The molecule has 0 bridgehead atoms. The molecule has 0 radical (unpaired) electrons. The Labute approximate surface area is 197 Å². The lowest BCUT2D eigenvalue weighted by Crippen LogP contribution is -2.44. The third-order valence-corrected chi connectivity index (χ3v) is 6.95. The molecule has 3 aliphatic rings. The summed E-state index contributed by atoms with van der Waals surface area (Å²) in [6, 6.07) is 14.8. The number of fused-ring (bicyclic) bond motifs is 2. The number of likely N-dealkylation sites (tertiary alicyclic amines) is 1. The summed E-state index contributed by atoms with van der Waals surface area (Å²) >= 11 is 0. The number of hydrogen-bond acceptors (Lipinski definition) is 5. The molecular formula is C25H26N4O5. The van der Waals surface area contributed by atoms with E-state index in [4.69, 9.17) is 4.74 Å². The van der Waals surface area contributed by atoms with E-state index >= 15 is 0 Å². The molecule has 2 aromatic rings. The van der Waals surface area contributed by atoms with Gasteiger partial charge in [0.25, 0.3) is 5.91 Å². The van der Waals surface area contributed by atoms with Gasteiger partial charge in [0.15, 0.2) is 0 Å². The molecule has 2 aliphatic heterocycles. The zero-order chi connectivity index (χ0) is 23.9. The Hall–Kier alpha value is -3.88. The van der Waals surface area contributed by atoms with E-state index in [2.05, 4.69) is 22.8 Å². The first-order valence-electron chi connectivity index (χ1n) is 11.4. The van der Waals surface area contributed by atoms with E-state index in [1.807, 2.05) is 18.2 Å². The van der Waals surface area contributed by atoms with Gasteiger partial charge in [0, 0.05) is 43.7 Å². The monoisotopic (exact) mass is 462 g/mol. The lowest BCUT2D eigenvalue weighted by Gasteiger charge is -2.22. The molecule has 2 heterocycles. The van der Waals surface area contributed by atoms with Crippen molar-refractivity contribution in [2.45, 2.75) is 30.8 Å². The summed E-state index contributed by atoms with van der Waals surface area (Å²) in [6.07, 6.45) is 0.876. The normalized spacial score (nSPS) is 23.3. The second-order valence-corrected chi connectivity index (χ2v) is 8.90. The first-order valence-corrected chi connectivity index (χ1v) is 11.4. The Balaban J connectivity index is 1.28. The van der Waals surface area contributed by atoms with E-state index < -0.39 is 17.6 Å². The summed E-state index contributed by atoms with van der Waals surface area (Å²) in [5.74, 6) is -0.517. The molecule has 2 fully saturated rings. The van der Waals surface area contributed by atoms with Gasteiger partial charge in [0.2, 0.25) is 11.5 Å². The third-order valence-electron chi connectivity index (χ3n) is 6.95. The number of anilines is 1. The van der Waals surface area contributed by atoms with Gasteiger partial charge in [0.1, 0.15) is 6.54 Å². The van der Waals surface area contributed by atoms with Crippen LogP contribution < -0.4 is 10.6 Å². The average molecular weight is 463 g/mol. The van der Waals surface area contributed by atoms with E-state index in [1.165, 1.54) is 12.6 Å². The predicted octanol–water partition coefficient (Wildman–Crippen LogP) is 2.57. The molecule has 0 aromatic heterocycles. The number of aryl methyl sites for hydroxylation is 1. The van der Waals surface area contributed by atoms with Crippen molar-refractivity contribution in [2.75, 3.05) is 32.0 Å². The summed E-state index contributed by atoms with van der Waals surface area (Å²) in [5.41, 5.74) is 1.79. The largest absolute Gasteiger partial charge is 0.427 e. The van der Waals surface area contributed by atoms with Crippen molar-refractivity contribution < 1.29 is 23.9 Å². The van der Waals surface area contributed by atoms with Crippen molar-refractivity contribution in [1.29, 1.82) is 0 Å². The molecule has 1 spiro atoms. The maximum atomic E-state index is 13.4. The Morgan fingerprint density at radius 3 is 2.71 bits per heavy atom. The predicted molar refractivity (Wildman–Crippen MR) is 123 cm³/mol. The number of hydrogen-bond donors (Lipinski definition) is 2. The van der Waals surface area contributed by atoms with Crippen molar-refractivity contribution in [3.05, 3.63) is 65.2 Å². The van der Waals surface area contributed by atoms with Crippen LogP contribution in [0.5, 0.6) is 0 Å². The van der Waals surface area contributed by atoms with Crippen LogP contribution in [0, 0.1) is 0 Å². The van der Waals surface area contributed by atoms with E-state index in [-0.39, 0.29) is 24.4 Å². The zero-order valence-electron chi connectivity index (χ0n) is 18.9. The molecular weight excluding hydrogens is 436 g/mol. The number of carbonyl (C=O) groups excluding carboxylic acids is 4. The Kier molecular flexibility index (Phi) is 5.47. The van der Waals surface area contributed by atoms with Crippen molar-refractivity contribution in [1.82, 2.24) is 15.1 Å². The number of rotatable bonds is 4. The Morgan fingerprint density at radius 2 is 1.94 bits per heavy atom. The highest BCUT2D eigenvalue weighted by Gasteiger charge is 2.58. The molecule has 2 N–H and O–H groups in total. The number of urea groups is 1. The number of benzene rings is 2. The summed E-state index contributed by atoms with van der Waals surface area (Å²) < 4.78 is 5.62. The number of nitrogens with one attached hydrogen (secondary N) is 2. The van der Waals surface area contributed by atoms with Crippen LogP contribution in [0.4, 0.5) is 15.3 Å². The minimum atomic E-state index is -1.41. The fraction of sp³-hybridized carbons (Fsp3) is 0.360. The minimum Gasteiger partial charge on any atom is -0.427 e. The second-order valence-electron chi connectivity index (χ2n) is 8.90. The molecule has 0 saturated carbocycles. The summed E-state index contributed by atoms with van der Waals surface area (Å²) in [5, 5.41) is 5.18. The quantitative estimate of drug-likeness (QED) is 0.726. The molecule has 5 amide bonds. The van der Waals surface area contributed by atoms with E-state index in [1.54, 1.807) is 23.1 Å². The second kappa shape index (κ2) is 8.48. The van der Waals surface area contributed by atoms with E-state index in [0.717, 1.165) is 16.9 Å². The number of amides is 5. The Morgan fingerprint density at radius 1 is 1.15 bits per heavy atom. The third kappa shape index (κ3) is 3.67.